The molecule has 0 saturated heterocycles. The molecule has 1 saturated carbocycles. The largest absolute Gasteiger partial charge is 0.505 e. The van der Waals surface area contributed by atoms with Crippen LogP contribution in [0.4, 0.5) is 5.69 Å². The van der Waals surface area contributed by atoms with Gasteiger partial charge in [0.15, 0.2) is 5.75 Å². The molecule has 1 amide bonds. The first-order valence-corrected chi connectivity index (χ1v) is 7.54. The number of nitrogens with zero attached hydrogens (tertiary/aromatic N) is 2. The number of nitrogen functional groups attached to an aromatic ring is 1. The number of hydrogen-bond donors (Lipinski definition) is 2. The summed E-state index contributed by atoms with van der Waals surface area (Å²) in [5.41, 5.74) is 6.26. The molecule has 0 spiro atoms. The minimum atomic E-state index is -0.117. The molecular formula is C16H25N3O2. The number of likely N-dealkylation sites (N-methyl/N-ethyl adjacent to an activating group) is 1. The maximum atomic E-state index is 12.8. The van der Waals surface area contributed by atoms with Crippen molar-refractivity contribution in [2.24, 2.45) is 0 Å². The predicted octanol–water partition coefficient (Wildman–Crippen LogP) is 1.92. The molecular weight excluding hydrogens is 266 g/mol. The molecule has 0 aromatic heterocycles. The van der Waals surface area contributed by atoms with Crippen LogP contribution in [0.3, 0.4) is 0 Å². The number of carbonyl (C=O) groups excluding carboxylic acids is 1. The third-order valence-corrected chi connectivity index (χ3v) is 4.11. The molecule has 1 aliphatic carbocycles. The highest BCUT2D eigenvalue weighted by molar-refractivity contribution is 5.98. The Kier molecular flexibility index (Phi) is 5.07. The number of rotatable bonds is 5. The van der Waals surface area contributed by atoms with Gasteiger partial charge in [-0.25, -0.2) is 0 Å². The zero-order valence-corrected chi connectivity index (χ0v) is 12.9. The van der Waals surface area contributed by atoms with Gasteiger partial charge in [-0.1, -0.05) is 18.9 Å². The molecule has 5 heteroatoms. The summed E-state index contributed by atoms with van der Waals surface area (Å²) in [7, 11) is 3.99. The van der Waals surface area contributed by atoms with E-state index in [1.807, 2.05) is 19.0 Å². The molecule has 5 nitrogen and oxygen atoms in total. The van der Waals surface area contributed by atoms with Crippen molar-refractivity contribution in [3.8, 4) is 5.75 Å². The van der Waals surface area contributed by atoms with E-state index in [1.165, 1.54) is 12.8 Å². The molecule has 1 fully saturated rings. The third-order valence-electron chi connectivity index (χ3n) is 4.11. The van der Waals surface area contributed by atoms with E-state index in [-0.39, 0.29) is 23.4 Å². The van der Waals surface area contributed by atoms with Crippen LogP contribution in [0.1, 0.15) is 36.0 Å². The molecule has 0 aliphatic heterocycles. The van der Waals surface area contributed by atoms with Crippen LogP contribution in [0.25, 0.3) is 0 Å². The molecule has 1 aromatic rings. The van der Waals surface area contributed by atoms with Gasteiger partial charge in [0.2, 0.25) is 0 Å². The van der Waals surface area contributed by atoms with Crippen LogP contribution in [0.15, 0.2) is 18.2 Å². The molecule has 0 unspecified atom stereocenters. The summed E-state index contributed by atoms with van der Waals surface area (Å²) in [5, 5.41) is 10.1. The predicted molar refractivity (Wildman–Crippen MR) is 84.4 cm³/mol. The number of phenols is 1. The van der Waals surface area contributed by atoms with E-state index in [1.54, 1.807) is 18.2 Å². The van der Waals surface area contributed by atoms with Crippen molar-refractivity contribution in [1.29, 1.82) is 0 Å². The number of anilines is 1. The zero-order valence-electron chi connectivity index (χ0n) is 12.9. The molecule has 116 valence electrons. The molecule has 21 heavy (non-hydrogen) atoms. The second-order valence-corrected chi connectivity index (χ2v) is 5.98. The lowest BCUT2D eigenvalue weighted by molar-refractivity contribution is 0.0664. The summed E-state index contributed by atoms with van der Waals surface area (Å²) in [6.45, 7) is 1.48. The highest BCUT2D eigenvalue weighted by atomic mass is 16.3. The number of hydrogen-bond acceptors (Lipinski definition) is 4. The van der Waals surface area contributed by atoms with Crippen molar-refractivity contribution >= 4 is 11.6 Å². The van der Waals surface area contributed by atoms with E-state index >= 15 is 0 Å². The topological polar surface area (TPSA) is 69.8 Å². The monoisotopic (exact) mass is 291 g/mol. The summed E-state index contributed by atoms with van der Waals surface area (Å²) in [6, 6.07) is 5.23. The zero-order chi connectivity index (χ0) is 15.4. The van der Waals surface area contributed by atoms with Crippen LogP contribution in [-0.2, 0) is 0 Å². The van der Waals surface area contributed by atoms with Gasteiger partial charge >= 0.3 is 0 Å². The Hall–Kier alpha value is -1.75. The van der Waals surface area contributed by atoms with Crippen LogP contribution in [-0.4, -0.2) is 54.0 Å². The maximum Gasteiger partial charge on any atom is 0.257 e. The van der Waals surface area contributed by atoms with Crippen molar-refractivity contribution in [2.75, 3.05) is 32.9 Å². The molecule has 3 N–H and O–H groups in total. The van der Waals surface area contributed by atoms with Gasteiger partial charge in [-0.05, 0) is 39.1 Å². The molecule has 1 aromatic carbocycles. The van der Waals surface area contributed by atoms with Crippen LogP contribution < -0.4 is 5.73 Å². The van der Waals surface area contributed by atoms with E-state index in [4.69, 9.17) is 5.73 Å². The molecule has 2 rings (SSSR count). The SMILES string of the molecule is CN(C)CCN(C(=O)c1cccc(N)c1O)C1CCCC1. The Morgan fingerprint density at radius 2 is 1.95 bits per heavy atom. The Morgan fingerprint density at radius 3 is 2.57 bits per heavy atom. The number of aromatic hydroxyl groups is 1. The smallest absolute Gasteiger partial charge is 0.257 e. The average Bonchev–Trinajstić information content (AvgIpc) is 2.95. The lowest BCUT2D eigenvalue weighted by atomic mass is 10.1. The Balaban J connectivity index is 2.22. The standard InChI is InChI=1S/C16H25N3O2/c1-18(2)10-11-19(12-6-3-4-7-12)16(21)13-8-5-9-14(17)15(13)20/h5,8-9,12,20H,3-4,6-7,10-11,17H2,1-2H3. The summed E-state index contributed by atoms with van der Waals surface area (Å²) < 4.78 is 0. The van der Waals surface area contributed by atoms with E-state index in [2.05, 4.69) is 4.90 Å². The lowest BCUT2D eigenvalue weighted by Gasteiger charge is -2.30. The molecule has 0 bridgehead atoms. The summed E-state index contributed by atoms with van der Waals surface area (Å²) >= 11 is 0. The maximum absolute atomic E-state index is 12.8. The van der Waals surface area contributed by atoms with Gasteiger partial charge < -0.3 is 20.6 Å². The van der Waals surface area contributed by atoms with Gasteiger partial charge in [0.25, 0.3) is 5.91 Å². The summed E-state index contributed by atoms with van der Waals surface area (Å²) in [6.07, 6.45) is 4.42. The quantitative estimate of drug-likeness (QED) is 0.642. The Bertz CT molecular complexity index is 496. The number of benzene rings is 1. The van der Waals surface area contributed by atoms with Crippen LogP contribution in [0.5, 0.6) is 5.75 Å². The molecule has 1 aliphatic rings. The van der Waals surface area contributed by atoms with E-state index in [0.29, 0.717) is 12.1 Å². The first-order valence-electron chi connectivity index (χ1n) is 7.54. The fourth-order valence-corrected chi connectivity index (χ4v) is 2.86. The minimum Gasteiger partial charge on any atom is -0.505 e. The van der Waals surface area contributed by atoms with Gasteiger partial charge in [0.05, 0.1) is 11.3 Å². The fourth-order valence-electron chi connectivity index (χ4n) is 2.86. The third kappa shape index (κ3) is 3.67. The first kappa shape index (κ1) is 15.6. The highest BCUT2D eigenvalue weighted by Gasteiger charge is 2.28. The lowest BCUT2D eigenvalue weighted by Crippen LogP contribution is -2.42. The van der Waals surface area contributed by atoms with Crippen LogP contribution >= 0.6 is 0 Å². The van der Waals surface area contributed by atoms with Gasteiger partial charge in [-0.2, -0.15) is 0 Å². The number of phenolic OH excluding ortho intramolecular Hbond substituents is 1. The second kappa shape index (κ2) is 6.80. The van der Waals surface area contributed by atoms with Crippen molar-refractivity contribution in [1.82, 2.24) is 9.80 Å². The van der Waals surface area contributed by atoms with Gasteiger partial charge in [0.1, 0.15) is 0 Å². The average molecular weight is 291 g/mol. The van der Waals surface area contributed by atoms with Gasteiger partial charge in [-0.15, -0.1) is 0 Å². The number of nitrogens with two attached hydrogens (primary N) is 1. The van der Waals surface area contributed by atoms with Crippen molar-refractivity contribution < 1.29 is 9.90 Å². The number of amides is 1. The molecule has 0 heterocycles. The minimum absolute atomic E-state index is 0.102. The summed E-state index contributed by atoms with van der Waals surface area (Å²) in [4.78, 5) is 16.8. The van der Waals surface area contributed by atoms with Gasteiger partial charge in [0, 0.05) is 19.1 Å². The highest BCUT2D eigenvalue weighted by Crippen LogP contribution is 2.29. The van der Waals surface area contributed by atoms with Crippen molar-refractivity contribution in [3.05, 3.63) is 23.8 Å². The fraction of sp³-hybridized carbons (Fsp3) is 0.562. The van der Waals surface area contributed by atoms with Crippen LogP contribution in [0, 0.1) is 0 Å². The van der Waals surface area contributed by atoms with Gasteiger partial charge in [-0.3, -0.25) is 4.79 Å². The first-order chi connectivity index (χ1) is 10.0. The van der Waals surface area contributed by atoms with E-state index in [0.717, 1.165) is 19.4 Å². The number of carbonyl (C=O) groups is 1. The van der Waals surface area contributed by atoms with E-state index in [9.17, 15) is 9.90 Å². The normalized spacial score (nSPS) is 15.6. The van der Waals surface area contributed by atoms with E-state index < -0.39 is 0 Å². The van der Waals surface area contributed by atoms with Crippen LogP contribution in [0.2, 0.25) is 0 Å². The molecule has 0 atom stereocenters. The molecule has 0 radical (unpaired) electrons. The summed E-state index contributed by atoms with van der Waals surface area (Å²) in [5.74, 6) is -0.219. The van der Waals surface area contributed by atoms with Crippen molar-refractivity contribution in [3.63, 3.8) is 0 Å². The second-order valence-electron chi connectivity index (χ2n) is 5.98. The number of para-hydroxylation sites is 1. The Labute approximate surface area is 126 Å². The Morgan fingerprint density at radius 1 is 1.29 bits per heavy atom. The van der Waals surface area contributed by atoms with Crippen molar-refractivity contribution in [2.45, 2.75) is 31.7 Å².